The molecule has 1 heterocycles. The van der Waals surface area contributed by atoms with Gasteiger partial charge in [-0.05, 0) is 12.1 Å². The molecule has 8 heteroatoms. The number of carbonyl (C=O) groups excluding carboxylic acids is 1. The van der Waals surface area contributed by atoms with Crippen LogP contribution in [0.3, 0.4) is 0 Å². The highest BCUT2D eigenvalue weighted by molar-refractivity contribution is 5.65. The van der Waals surface area contributed by atoms with Gasteiger partial charge in [-0.25, -0.2) is 4.98 Å². The van der Waals surface area contributed by atoms with Gasteiger partial charge in [-0.3, -0.25) is 4.79 Å². The van der Waals surface area contributed by atoms with Crippen LogP contribution in [0.1, 0.15) is 18.3 Å². The van der Waals surface area contributed by atoms with Crippen molar-refractivity contribution in [3.05, 3.63) is 29.6 Å². The Balaban J connectivity index is 2.98. The van der Waals surface area contributed by atoms with Crippen LogP contribution >= 0.6 is 0 Å². The van der Waals surface area contributed by atoms with Gasteiger partial charge in [-0.15, -0.1) is 0 Å². The van der Waals surface area contributed by atoms with Crippen molar-refractivity contribution in [1.82, 2.24) is 4.98 Å². The van der Waals surface area contributed by atoms with Gasteiger partial charge < -0.3 is 14.9 Å². The van der Waals surface area contributed by atoms with Crippen molar-refractivity contribution in [3.8, 4) is 0 Å². The molecule has 0 fully saturated rings. The zero-order valence-electron chi connectivity index (χ0n) is 9.23. The van der Waals surface area contributed by atoms with E-state index in [-0.39, 0.29) is 12.3 Å². The predicted octanol–water partition coefficient (Wildman–Crippen LogP) is 0.844. The summed E-state index contributed by atoms with van der Waals surface area (Å²) < 4.78 is 41.6. The summed E-state index contributed by atoms with van der Waals surface area (Å²) in [6.07, 6.45) is -5.28. The highest BCUT2D eigenvalue weighted by Gasteiger charge is 2.55. The molecule has 0 aromatic carbocycles. The average Bonchev–Trinajstić information content (AvgIpc) is 2.25. The SMILES string of the molecule is CC(=O)OCc1cccc(C(O)(O)C(F)(F)F)n1. The third-order valence-electron chi connectivity index (χ3n) is 1.98. The number of carbonyl (C=O) groups is 1. The lowest BCUT2D eigenvalue weighted by Gasteiger charge is -2.23. The van der Waals surface area contributed by atoms with Crippen LogP contribution in [0.15, 0.2) is 18.2 Å². The van der Waals surface area contributed by atoms with Crippen LogP contribution < -0.4 is 0 Å². The largest absolute Gasteiger partial charge is 0.459 e. The molecule has 5 nitrogen and oxygen atoms in total. The second-order valence-corrected chi connectivity index (χ2v) is 3.46. The summed E-state index contributed by atoms with van der Waals surface area (Å²) in [5.41, 5.74) is -1.01. The van der Waals surface area contributed by atoms with E-state index in [4.69, 9.17) is 10.2 Å². The Bertz CT molecular complexity index is 445. The lowest BCUT2D eigenvalue weighted by molar-refractivity contribution is -0.360. The van der Waals surface area contributed by atoms with Crippen LogP contribution in [-0.2, 0) is 21.9 Å². The molecule has 0 unspecified atom stereocenters. The molecule has 0 saturated heterocycles. The summed E-state index contributed by atoms with van der Waals surface area (Å²) >= 11 is 0. The van der Waals surface area contributed by atoms with Gasteiger partial charge in [0.2, 0.25) is 0 Å². The van der Waals surface area contributed by atoms with Crippen LogP contribution in [0.25, 0.3) is 0 Å². The van der Waals surface area contributed by atoms with Crippen molar-refractivity contribution in [2.75, 3.05) is 0 Å². The van der Waals surface area contributed by atoms with E-state index in [1.54, 1.807) is 0 Å². The number of nitrogens with zero attached hydrogens (tertiary/aromatic N) is 1. The second kappa shape index (κ2) is 4.91. The number of aromatic nitrogens is 1. The van der Waals surface area contributed by atoms with E-state index in [0.717, 1.165) is 19.1 Å². The molecule has 1 aromatic rings. The van der Waals surface area contributed by atoms with Gasteiger partial charge in [-0.1, -0.05) is 6.07 Å². The van der Waals surface area contributed by atoms with Crippen molar-refractivity contribution in [1.29, 1.82) is 0 Å². The van der Waals surface area contributed by atoms with Crippen LogP contribution in [-0.4, -0.2) is 27.3 Å². The number of rotatable bonds is 3. The highest BCUT2D eigenvalue weighted by Crippen LogP contribution is 2.35. The molecule has 0 atom stereocenters. The minimum Gasteiger partial charge on any atom is -0.459 e. The van der Waals surface area contributed by atoms with E-state index in [0.29, 0.717) is 0 Å². The van der Waals surface area contributed by atoms with E-state index in [2.05, 4.69) is 9.72 Å². The highest BCUT2D eigenvalue weighted by atomic mass is 19.4. The number of ether oxygens (including phenoxy) is 1. The maximum atomic E-state index is 12.3. The lowest BCUT2D eigenvalue weighted by Crippen LogP contribution is -2.42. The van der Waals surface area contributed by atoms with E-state index < -0.39 is 23.6 Å². The Kier molecular flexibility index (Phi) is 3.92. The molecule has 0 aliphatic heterocycles. The number of hydrogen-bond donors (Lipinski definition) is 2. The quantitative estimate of drug-likeness (QED) is 0.625. The standard InChI is InChI=1S/C10H10F3NO4/c1-6(15)18-5-7-3-2-4-8(14-7)9(16,17)10(11,12)13/h2-4,16-17H,5H2,1H3. The van der Waals surface area contributed by atoms with Gasteiger partial charge in [0.1, 0.15) is 12.3 Å². The Hall–Kier alpha value is -1.67. The summed E-state index contributed by atoms with van der Waals surface area (Å²) in [5.74, 6) is -4.67. The molecule has 0 aliphatic carbocycles. The number of hydrogen-bond acceptors (Lipinski definition) is 5. The lowest BCUT2D eigenvalue weighted by atomic mass is 10.1. The van der Waals surface area contributed by atoms with Gasteiger partial charge >= 0.3 is 17.9 Å². The maximum Gasteiger partial charge on any atom is 0.449 e. The zero-order chi connectivity index (χ0) is 14.0. The monoisotopic (exact) mass is 265 g/mol. The fourth-order valence-corrected chi connectivity index (χ4v) is 1.07. The predicted molar refractivity (Wildman–Crippen MR) is 51.9 cm³/mol. The summed E-state index contributed by atoms with van der Waals surface area (Å²) in [6.45, 7) is 0.777. The third-order valence-corrected chi connectivity index (χ3v) is 1.98. The van der Waals surface area contributed by atoms with Crippen molar-refractivity contribution in [2.24, 2.45) is 0 Å². The van der Waals surface area contributed by atoms with E-state index in [9.17, 15) is 18.0 Å². The summed E-state index contributed by atoms with van der Waals surface area (Å²) in [5, 5.41) is 18.0. The van der Waals surface area contributed by atoms with Crippen LogP contribution in [0.2, 0.25) is 0 Å². The number of halogens is 3. The number of alkyl halides is 3. The number of esters is 1. The number of aliphatic hydroxyl groups is 2. The first-order valence-corrected chi connectivity index (χ1v) is 4.76. The summed E-state index contributed by atoms with van der Waals surface area (Å²) in [7, 11) is 0. The van der Waals surface area contributed by atoms with Gasteiger partial charge in [0.15, 0.2) is 0 Å². The van der Waals surface area contributed by atoms with Gasteiger partial charge in [-0.2, -0.15) is 13.2 Å². The molecule has 0 saturated carbocycles. The van der Waals surface area contributed by atoms with E-state index >= 15 is 0 Å². The minimum absolute atomic E-state index is 0.0283. The zero-order valence-corrected chi connectivity index (χ0v) is 9.23. The Labute approximate surface area is 99.8 Å². The fourth-order valence-electron chi connectivity index (χ4n) is 1.07. The van der Waals surface area contributed by atoms with Gasteiger partial charge in [0, 0.05) is 6.92 Å². The second-order valence-electron chi connectivity index (χ2n) is 3.46. The molecule has 0 aliphatic rings. The maximum absolute atomic E-state index is 12.3. The molecule has 100 valence electrons. The molecule has 0 spiro atoms. The topological polar surface area (TPSA) is 79.7 Å². The van der Waals surface area contributed by atoms with E-state index in [1.165, 1.54) is 6.07 Å². The summed E-state index contributed by atoms with van der Waals surface area (Å²) in [6, 6.07) is 3.25. The van der Waals surface area contributed by atoms with Crippen molar-refractivity contribution < 1.29 is 32.9 Å². The molecule has 0 radical (unpaired) electrons. The average molecular weight is 265 g/mol. The first-order chi connectivity index (χ1) is 8.14. The van der Waals surface area contributed by atoms with E-state index in [1.807, 2.05) is 0 Å². The van der Waals surface area contributed by atoms with Crippen LogP contribution in [0.5, 0.6) is 0 Å². The number of pyridine rings is 1. The first-order valence-electron chi connectivity index (χ1n) is 4.76. The molecule has 1 aromatic heterocycles. The van der Waals surface area contributed by atoms with Gasteiger partial charge in [0.05, 0.1) is 5.69 Å². The molecule has 0 bridgehead atoms. The van der Waals surface area contributed by atoms with Crippen LogP contribution in [0.4, 0.5) is 13.2 Å². The third kappa shape index (κ3) is 3.17. The molecule has 0 amide bonds. The normalized spacial score (nSPS) is 12.3. The summed E-state index contributed by atoms with van der Waals surface area (Å²) in [4.78, 5) is 13.9. The molecule has 18 heavy (non-hydrogen) atoms. The first kappa shape index (κ1) is 14.4. The molecule has 2 N–H and O–H groups in total. The van der Waals surface area contributed by atoms with Crippen molar-refractivity contribution in [3.63, 3.8) is 0 Å². The molecule has 1 rings (SSSR count). The Morgan fingerprint density at radius 1 is 1.39 bits per heavy atom. The molecular formula is C10H10F3NO4. The van der Waals surface area contributed by atoms with Crippen molar-refractivity contribution >= 4 is 5.97 Å². The van der Waals surface area contributed by atoms with Gasteiger partial charge in [0.25, 0.3) is 0 Å². The molecular weight excluding hydrogens is 255 g/mol. The van der Waals surface area contributed by atoms with Crippen molar-refractivity contribution in [2.45, 2.75) is 25.5 Å². The smallest absolute Gasteiger partial charge is 0.449 e. The Morgan fingerprint density at radius 2 is 2.00 bits per heavy atom. The fraction of sp³-hybridized carbons (Fsp3) is 0.400. The Morgan fingerprint density at radius 3 is 2.50 bits per heavy atom. The van der Waals surface area contributed by atoms with Crippen LogP contribution in [0, 0.1) is 0 Å². The minimum atomic E-state index is -5.28.